The molecule has 0 bridgehead atoms. The summed E-state index contributed by atoms with van der Waals surface area (Å²) in [5.74, 6) is -0.469. The van der Waals surface area contributed by atoms with Crippen molar-refractivity contribution in [3.05, 3.63) is 81.7 Å². The van der Waals surface area contributed by atoms with E-state index in [0.717, 1.165) is 11.3 Å². The van der Waals surface area contributed by atoms with E-state index in [-0.39, 0.29) is 21.1 Å². The van der Waals surface area contributed by atoms with Crippen LogP contribution in [0.5, 0.6) is 0 Å². The third-order valence-electron chi connectivity index (χ3n) is 3.47. The molecule has 0 atom stereocenters. The zero-order chi connectivity index (χ0) is 19.4. The van der Waals surface area contributed by atoms with Crippen LogP contribution in [0.25, 0.3) is 0 Å². The van der Waals surface area contributed by atoms with Gasteiger partial charge in [-0.15, -0.1) is 11.3 Å². The maximum Gasteiger partial charge on any atom is 0.271 e. The Hall–Kier alpha value is -3.24. The Morgan fingerprint density at radius 1 is 1.00 bits per heavy atom. The van der Waals surface area contributed by atoms with E-state index >= 15 is 0 Å². The third kappa shape index (κ3) is 4.49. The minimum Gasteiger partial charge on any atom is -0.322 e. The van der Waals surface area contributed by atoms with E-state index in [4.69, 9.17) is 0 Å². The van der Waals surface area contributed by atoms with Gasteiger partial charge in [0.25, 0.3) is 21.6 Å². The molecule has 0 saturated carbocycles. The number of nitrogens with zero attached hydrogens (tertiary/aromatic N) is 1. The maximum atomic E-state index is 12.3. The van der Waals surface area contributed by atoms with Crippen LogP contribution in [-0.4, -0.2) is 19.2 Å². The van der Waals surface area contributed by atoms with Crippen LogP contribution in [-0.2, 0) is 10.0 Å². The number of nitro groups is 1. The molecule has 0 aliphatic heterocycles. The lowest BCUT2D eigenvalue weighted by molar-refractivity contribution is -0.384. The highest BCUT2D eigenvalue weighted by molar-refractivity contribution is 7.94. The number of carbonyl (C=O) groups is 1. The first-order valence-corrected chi connectivity index (χ1v) is 9.94. The van der Waals surface area contributed by atoms with Crippen molar-refractivity contribution in [2.45, 2.75) is 4.21 Å². The summed E-state index contributed by atoms with van der Waals surface area (Å²) >= 11 is 1.10. The van der Waals surface area contributed by atoms with Gasteiger partial charge < -0.3 is 5.32 Å². The fourth-order valence-corrected chi connectivity index (χ4v) is 4.26. The number of thiophene rings is 1. The van der Waals surface area contributed by atoms with Crippen LogP contribution in [0.15, 0.2) is 70.3 Å². The standard InChI is InChI=1S/C17H13N3O5S2/c21-17(18-14-3-1-4-15(11-14)20(22)23)12-6-8-13(9-7-12)19-27(24,25)16-5-2-10-26-16/h1-11,19H,(H,18,21). The lowest BCUT2D eigenvalue weighted by atomic mass is 10.2. The number of anilines is 2. The van der Waals surface area contributed by atoms with E-state index in [1.54, 1.807) is 11.4 Å². The minimum atomic E-state index is -3.66. The lowest BCUT2D eigenvalue weighted by Gasteiger charge is -2.08. The van der Waals surface area contributed by atoms with Crippen molar-refractivity contribution in [1.82, 2.24) is 0 Å². The van der Waals surface area contributed by atoms with Gasteiger partial charge in [-0.2, -0.15) is 0 Å². The molecule has 0 saturated heterocycles. The van der Waals surface area contributed by atoms with Gasteiger partial charge in [0.05, 0.1) is 4.92 Å². The zero-order valence-corrected chi connectivity index (χ0v) is 15.3. The highest BCUT2D eigenvalue weighted by Crippen LogP contribution is 2.21. The quantitative estimate of drug-likeness (QED) is 0.480. The second-order valence-corrected chi connectivity index (χ2v) is 8.23. The highest BCUT2D eigenvalue weighted by atomic mass is 32.2. The number of benzene rings is 2. The van der Waals surface area contributed by atoms with Crippen molar-refractivity contribution in [3.8, 4) is 0 Å². The van der Waals surface area contributed by atoms with Crippen molar-refractivity contribution >= 4 is 44.3 Å². The summed E-state index contributed by atoms with van der Waals surface area (Å²) in [5.41, 5.74) is 0.749. The molecule has 138 valence electrons. The molecular formula is C17H13N3O5S2. The van der Waals surface area contributed by atoms with Crippen molar-refractivity contribution in [2.24, 2.45) is 0 Å². The number of rotatable bonds is 6. The van der Waals surface area contributed by atoms with Crippen molar-refractivity contribution in [3.63, 3.8) is 0 Å². The molecule has 1 heterocycles. The predicted octanol–water partition coefficient (Wildman–Crippen LogP) is 3.71. The molecule has 2 aromatic carbocycles. The Bertz CT molecular complexity index is 1080. The normalized spacial score (nSPS) is 11.0. The number of sulfonamides is 1. The molecule has 1 amide bonds. The van der Waals surface area contributed by atoms with Crippen molar-refractivity contribution in [1.29, 1.82) is 0 Å². The van der Waals surface area contributed by atoms with Gasteiger partial charge in [-0.25, -0.2) is 8.42 Å². The molecule has 0 aliphatic carbocycles. The van der Waals surface area contributed by atoms with Gasteiger partial charge in [0.2, 0.25) is 0 Å². The highest BCUT2D eigenvalue weighted by Gasteiger charge is 2.15. The van der Waals surface area contributed by atoms with Gasteiger partial charge >= 0.3 is 0 Å². The third-order valence-corrected chi connectivity index (χ3v) is 6.25. The molecule has 1 aromatic heterocycles. The van der Waals surface area contributed by atoms with E-state index in [9.17, 15) is 23.3 Å². The molecular weight excluding hydrogens is 390 g/mol. The summed E-state index contributed by atoms with van der Waals surface area (Å²) in [6.45, 7) is 0. The molecule has 3 rings (SSSR count). The van der Waals surface area contributed by atoms with Crippen LogP contribution >= 0.6 is 11.3 Å². The van der Waals surface area contributed by atoms with Gasteiger partial charge in [0.1, 0.15) is 4.21 Å². The topological polar surface area (TPSA) is 118 Å². The number of hydrogen-bond acceptors (Lipinski definition) is 6. The van der Waals surface area contributed by atoms with Gasteiger partial charge in [0, 0.05) is 29.1 Å². The first-order chi connectivity index (χ1) is 12.8. The van der Waals surface area contributed by atoms with Crippen molar-refractivity contribution in [2.75, 3.05) is 10.0 Å². The Balaban J connectivity index is 1.71. The van der Waals surface area contributed by atoms with Gasteiger partial charge in [0.15, 0.2) is 0 Å². The van der Waals surface area contributed by atoms with Crippen LogP contribution in [0.1, 0.15) is 10.4 Å². The lowest BCUT2D eigenvalue weighted by Crippen LogP contribution is -2.13. The monoisotopic (exact) mass is 403 g/mol. The summed E-state index contributed by atoms with van der Waals surface area (Å²) < 4.78 is 27.0. The van der Waals surface area contributed by atoms with E-state index in [0.29, 0.717) is 5.69 Å². The van der Waals surface area contributed by atoms with E-state index in [1.807, 2.05) is 0 Å². The zero-order valence-electron chi connectivity index (χ0n) is 13.7. The summed E-state index contributed by atoms with van der Waals surface area (Å²) in [6, 6.07) is 14.6. The second-order valence-electron chi connectivity index (χ2n) is 5.38. The molecule has 27 heavy (non-hydrogen) atoms. The van der Waals surface area contributed by atoms with Gasteiger partial charge in [-0.3, -0.25) is 19.6 Å². The molecule has 0 aliphatic rings. The van der Waals surface area contributed by atoms with Crippen LogP contribution in [0.4, 0.5) is 17.1 Å². The fourth-order valence-electron chi connectivity index (χ4n) is 2.21. The molecule has 2 N–H and O–H groups in total. The number of carbonyl (C=O) groups excluding carboxylic acids is 1. The smallest absolute Gasteiger partial charge is 0.271 e. The van der Waals surface area contributed by atoms with Crippen LogP contribution in [0.2, 0.25) is 0 Å². The SMILES string of the molecule is O=C(Nc1cccc([N+](=O)[O-])c1)c1ccc(NS(=O)(=O)c2cccs2)cc1. The average molecular weight is 403 g/mol. The molecule has 0 spiro atoms. The summed E-state index contributed by atoms with van der Waals surface area (Å²) in [4.78, 5) is 22.5. The molecule has 0 unspecified atom stereocenters. The molecule has 10 heteroatoms. The summed E-state index contributed by atoms with van der Waals surface area (Å²) in [6.07, 6.45) is 0. The van der Waals surface area contributed by atoms with Gasteiger partial charge in [-0.05, 0) is 41.8 Å². The summed E-state index contributed by atoms with van der Waals surface area (Å²) in [7, 11) is -3.66. The Morgan fingerprint density at radius 3 is 2.37 bits per heavy atom. The second kappa shape index (κ2) is 7.56. The average Bonchev–Trinajstić information content (AvgIpc) is 3.18. The summed E-state index contributed by atoms with van der Waals surface area (Å²) in [5, 5.41) is 15.0. The molecule has 0 fully saturated rings. The van der Waals surface area contributed by atoms with Crippen molar-refractivity contribution < 1.29 is 18.1 Å². The Labute approximate surface area is 158 Å². The molecule has 0 radical (unpaired) electrons. The fraction of sp³-hybridized carbons (Fsp3) is 0. The number of nitro benzene ring substituents is 1. The Kier molecular flexibility index (Phi) is 5.19. The minimum absolute atomic E-state index is 0.133. The maximum absolute atomic E-state index is 12.3. The molecule has 3 aromatic rings. The number of nitrogens with one attached hydrogen (secondary N) is 2. The van der Waals surface area contributed by atoms with Crippen LogP contribution < -0.4 is 10.0 Å². The number of hydrogen-bond donors (Lipinski definition) is 2. The van der Waals surface area contributed by atoms with E-state index in [2.05, 4.69) is 10.0 Å². The van der Waals surface area contributed by atoms with E-state index in [1.165, 1.54) is 54.6 Å². The first-order valence-electron chi connectivity index (χ1n) is 7.57. The molecule has 8 nitrogen and oxygen atoms in total. The van der Waals surface area contributed by atoms with Crippen LogP contribution in [0.3, 0.4) is 0 Å². The predicted molar refractivity (Wildman–Crippen MR) is 103 cm³/mol. The van der Waals surface area contributed by atoms with Gasteiger partial charge in [-0.1, -0.05) is 12.1 Å². The first kappa shape index (κ1) is 18.5. The number of non-ortho nitro benzene ring substituents is 1. The van der Waals surface area contributed by atoms with Crippen LogP contribution in [0, 0.1) is 10.1 Å². The van der Waals surface area contributed by atoms with E-state index < -0.39 is 20.9 Å². The largest absolute Gasteiger partial charge is 0.322 e. The Morgan fingerprint density at radius 2 is 1.74 bits per heavy atom. The number of amides is 1.